The molecule has 2 heterocycles. The van der Waals surface area contributed by atoms with Crippen LogP contribution >= 0.6 is 0 Å². The van der Waals surface area contributed by atoms with Gasteiger partial charge in [0.1, 0.15) is 0 Å². The van der Waals surface area contributed by atoms with Crippen LogP contribution in [0.3, 0.4) is 0 Å². The Morgan fingerprint density at radius 3 is 2.94 bits per heavy atom. The van der Waals surface area contributed by atoms with Crippen LogP contribution in [0.5, 0.6) is 0 Å². The highest BCUT2D eigenvalue weighted by Crippen LogP contribution is 2.22. The zero-order valence-corrected chi connectivity index (χ0v) is 11.3. The van der Waals surface area contributed by atoms with Gasteiger partial charge in [-0.15, -0.1) is 0 Å². The lowest BCUT2D eigenvalue weighted by Crippen LogP contribution is -2.44. The number of aromatic nitrogens is 2. The van der Waals surface area contributed by atoms with Gasteiger partial charge in [-0.05, 0) is 25.3 Å². The van der Waals surface area contributed by atoms with Crippen LogP contribution in [0.25, 0.3) is 0 Å². The predicted molar refractivity (Wildman–Crippen MR) is 69.5 cm³/mol. The van der Waals surface area contributed by atoms with Crippen LogP contribution in [0.2, 0.25) is 0 Å². The Balaban J connectivity index is 2.18. The van der Waals surface area contributed by atoms with Gasteiger partial charge in [-0.25, -0.2) is 9.97 Å². The van der Waals surface area contributed by atoms with Crippen molar-refractivity contribution in [3.63, 3.8) is 0 Å². The molecule has 1 aliphatic rings. The molecule has 1 fully saturated rings. The predicted octanol–water partition coefficient (Wildman–Crippen LogP) is 1.14. The first-order chi connectivity index (χ1) is 8.63. The summed E-state index contributed by atoms with van der Waals surface area (Å²) in [7, 11) is 1.75. The summed E-state index contributed by atoms with van der Waals surface area (Å²) in [6.07, 6.45) is 1.30. The number of aliphatic hydroxyl groups is 1. The van der Waals surface area contributed by atoms with E-state index in [0.29, 0.717) is 17.6 Å². The Kier molecular flexibility index (Phi) is 4.14. The second-order valence-corrected chi connectivity index (χ2v) is 4.94. The van der Waals surface area contributed by atoms with Crippen molar-refractivity contribution in [1.29, 1.82) is 0 Å². The van der Waals surface area contributed by atoms with Crippen molar-refractivity contribution in [2.45, 2.75) is 33.0 Å². The van der Waals surface area contributed by atoms with E-state index >= 15 is 0 Å². The molecule has 1 aromatic heterocycles. The van der Waals surface area contributed by atoms with Crippen LogP contribution in [-0.2, 0) is 11.3 Å². The molecule has 100 valence electrons. The van der Waals surface area contributed by atoms with E-state index in [0.717, 1.165) is 25.2 Å². The largest absolute Gasteiger partial charge is 0.390 e. The molecule has 18 heavy (non-hydrogen) atoms. The number of rotatable bonds is 3. The average molecular weight is 251 g/mol. The molecule has 2 rings (SSSR count). The summed E-state index contributed by atoms with van der Waals surface area (Å²) in [6, 6.07) is 1.81. The highest BCUT2D eigenvalue weighted by Gasteiger charge is 2.27. The number of anilines is 1. The van der Waals surface area contributed by atoms with Crippen molar-refractivity contribution in [2.75, 3.05) is 25.1 Å². The maximum atomic E-state index is 9.19. The monoisotopic (exact) mass is 251 g/mol. The molecule has 5 heteroatoms. The Bertz CT molecular complexity index is 411. The maximum Gasteiger partial charge on any atom is 0.225 e. The van der Waals surface area contributed by atoms with Gasteiger partial charge in [0.05, 0.1) is 18.4 Å². The van der Waals surface area contributed by atoms with E-state index in [-0.39, 0.29) is 12.7 Å². The molecule has 0 saturated carbocycles. The number of piperidine rings is 1. The topological polar surface area (TPSA) is 58.5 Å². The Morgan fingerprint density at radius 2 is 2.28 bits per heavy atom. The summed E-state index contributed by atoms with van der Waals surface area (Å²) in [5.74, 6) is 1.27. The van der Waals surface area contributed by atoms with Crippen LogP contribution in [-0.4, -0.2) is 41.4 Å². The highest BCUT2D eigenvalue weighted by atomic mass is 16.5. The summed E-state index contributed by atoms with van der Waals surface area (Å²) in [5, 5.41) is 9.19. The van der Waals surface area contributed by atoms with Crippen molar-refractivity contribution in [3.8, 4) is 0 Å². The van der Waals surface area contributed by atoms with E-state index in [1.165, 1.54) is 0 Å². The molecule has 0 aliphatic carbocycles. The minimum atomic E-state index is -0.0473. The number of ether oxygens (including phenoxy) is 1. The second kappa shape index (κ2) is 5.63. The standard InChI is InChI=1S/C13H21N3O2/c1-9-4-5-16(7-12(9)18-3)13-14-10(2)6-11(8-17)15-13/h6,9,12,17H,4-5,7-8H2,1-3H3. The van der Waals surface area contributed by atoms with Gasteiger partial charge in [0.25, 0.3) is 0 Å². The fourth-order valence-electron chi connectivity index (χ4n) is 2.36. The zero-order chi connectivity index (χ0) is 13.1. The number of nitrogens with zero attached hydrogens (tertiary/aromatic N) is 3. The van der Waals surface area contributed by atoms with Gasteiger partial charge in [-0.1, -0.05) is 6.92 Å². The van der Waals surface area contributed by atoms with E-state index in [1.54, 1.807) is 7.11 Å². The van der Waals surface area contributed by atoms with Gasteiger partial charge < -0.3 is 14.7 Å². The number of methoxy groups -OCH3 is 1. The van der Waals surface area contributed by atoms with Gasteiger partial charge >= 0.3 is 0 Å². The third-order valence-electron chi connectivity index (χ3n) is 3.53. The van der Waals surface area contributed by atoms with Crippen molar-refractivity contribution in [2.24, 2.45) is 5.92 Å². The minimum Gasteiger partial charge on any atom is -0.390 e. The third kappa shape index (κ3) is 2.79. The lowest BCUT2D eigenvalue weighted by atomic mass is 9.96. The quantitative estimate of drug-likeness (QED) is 0.873. The lowest BCUT2D eigenvalue weighted by Gasteiger charge is -2.36. The van der Waals surface area contributed by atoms with Gasteiger partial charge in [0.15, 0.2) is 0 Å². The molecule has 1 saturated heterocycles. The normalized spacial score (nSPS) is 24.3. The molecule has 0 spiro atoms. The van der Waals surface area contributed by atoms with Crippen LogP contribution in [0.4, 0.5) is 5.95 Å². The molecule has 0 bridgehead atoms. The SMILES string of the molecule is COC1CN(c2nc(C)cc(CO)n2)CCC1C. The zero-order valence-electron chi connectivity index (χ0n) is 11.3. The summed E-state index contributed by atoms with van der Waals surface area (Å²) in [6.45, 7) is 5.84. The summed E-state index contributed by atoms with van der Waals surface area (Å²) in [5.41, 5.74) is 1.56. The van der Waals surface area contributed by atoms with E-state index in [1.807, 2.05) is 13.0 Å². The smallest absolute Gasteiger partial charge is 0.225 e. The number of hydrogen-bond donors (Lipinski definition) is 1. The molecule has 2 atom stereocenters. The molecule has 1 aliphatic heterocycles. The van der Waals surface area contributed by atoms with Crippen molar-refractivity contribution < 1.29 is 9.84 Å². The molecule has 2 unspecified atom stereocenters. The second-order valence-electron chi connectivity index (χ2n) is 4.94. The molecule has 1 N–H and O–H groups in total. The summed E-state index contributed by atoms with van der Waals surface area (Å²) in [4.78, 5) is 11.0. The van der Waals surface area contributed by atoms with E-state index < -0.39 is 0 Å². The third-order valence-corrected chi connectivity index (χ3v) is 3.53. The van der Waals surface area contributed by atoms with E-state index in [9.17, 15) is 5.11 Å². The van der Waals surface area contributed by atoms with Crippen molar-refractivity contribution in [3.05, 3.63) is 17.5 Å². The van der Waals surface area contributed by atoms with Gasteiger partial charge in [-0.2, -0.15) is 0 Å². The molecule has 0 radical (unpaired) electrons. The summed E-state index contributed by atoms with van der Waals surface area (Å²) >= 11 is 0. The molecule has 0 aromatic carbocycles. The Labute approximate surface area is 108 Å². The molecule has 5 nitrogen and oxygen atoms in total. The van der Waals surface area contributed by atoms with E-state index in [2.05, 4.69) is 21.8 Å². The number of aliphatic hydroxyl groups excluding tert-OH is 1. The molecule has 1 aromatic rings. The Morgan fingerprint density at radius 1 is 1.50 bits per heavy atom. The van der Waals surface area contributed by atoms with Crippen LogP contribution in [0.15, 0.2) is 6.07 Å². The van der Waals surface area contributed by atoms with Gasteiger partial charge in [0, 0.05) is 25.9 Å². The maximum absolute atomic E-state index is 9.19. The Hall–Kier alpha value is -1.20. The highest BCUT2D eigenvalue weighted by molar-refractivity contribution is 5.33. The minimum absolute atomic E-state index is 0.0473. The van der Waals surface area contributed by atoms with Gasteiger partial charge in [0.2, 0.25) is 5.95 Å². The van der Waals surface area contributed by atoms with E-state index in [4.69, 9.17) is 4.74 Å². The molecular weight excluding hydrogens is 230 g/mol. The van der Waals surface area contributed by atoms with Crippen LogP contribution in [0.1, 0.15) is 24.7 Å². The van der Waals surface area contributed by atoms with Crippen molar-refractivity contribution in [1.82, 2.24) is 9.97 Å². The fourth-order valence-corrected chi connectivity index (χ4v) is 2.36. The first kappa shape index (κ1) is 13.2. The fraction of sp³-hybridized carbons (Fsp3) is 0.692. The lowest BCUT2D eigenvalue weighted by molar-refractivity contribution is 0.0494. The number of hydrogen-bond acceptors (Lipinski definition) is 5. The molecular formula is C13H21N3O2. The first-order valence-electron chi connectivity index (χ1n) is 6.37. The van der Waals surface area contributed by atoms with Crippen LogP contribution < -0.4 is 4.90 Å². The average Bonchev–Trinajstić information content (AvgIpc) is 2.38. The van der Waals surface area contributed by atoms with Gasteiger partial charge in [-0.3, -0.25) is 0 Å². The van der Waals surface area contributed by atoms with Crippen LogP contribution in [0, 0.1) is 12.8 Å². The first-order valence-corrected chi connectivity index (χ1v) is 6.37. The number of aryl methyl sites for hydroxylation is 1. The van der Waals surface area contributed by atoms with Crippen molar-refractivity contribution >= 4 is 5.95 Å². The molecule has 0 amide bonds. The summed E-state index contributed by atoms with van der Waals surface area (Å²) < 4.78 is 5.50.